The number of nitrogens with zero attached hydrogens (tertiary/aromatic N) is 1. The number of benzene rings is 2. The molecule has 0 radical (unpaired) electrons. The Hall–Kier alpha value is -2.49. The van der Waals surface area contributed by atoms with Gasteiger partial charge in [-0.05, 0) is 43.2 Å². The van der Waals surface area contributed by atoms with Crippen molar-refractivity contribution >= 4 is 11.6 Å². The number of aryl methyl sites for hydroxylation is 2. The van der Waals surface area contributed by atoms with Gasteiger partial charge in [0.25, 0.3) is 0 Å². The summed E-state index contributed by atoms with van der Waals surface area (Å²) in [5.41, 5.74) is 10.6. The predicted octanol–water partition coefficient (Wildman–Crippen LogP) is 3.21. The lowest BCUT2D eigenvalue weighted by Gasteiger charge is -2.09. The van der Waals surface area contributed by atoms with Crippen LogP contribution in [-0.4, -0.2) is 19.1 Å². The number of fused-ring (bicyclic) bond motifs is 1. The van der Waals surface area contributed by atoms with Crippen molar-refractivity contribution in [1.82, 2.24) is 0 Å². The summed E-state index contributed by atoms with van der Waals surface area (Å²) in [5, 5.41) is 3.16. The van der Waals surface area contributed by atoms with Crippen molar-refractivity contribution in [3.05, 3.63) is 59.2 Å². The van der Waals surface area contributed by atoms with Gasteiger partial charge in [-0.3, -0.25) is 4.99 Å². The van der Waals surface area contributed by atoms with Crippen LogP contribution in [0.3, 0.4) is 0 Å². The first kappa shape index (κ1) is 14.4. The lowest BCUT2D eigenvalue weighted by Crippen LogP contribution is -2.24. The molecule has 0 spiro atoms. The van der Waals surface area contributed by atoms with Crippen molar-refractivity contribution < 1.29 is 4.74 Å². The molecule has 2 aromatic carbocycles. The zero-order valence-corrected chi connectivity index (χ0v) is 13.0. The van der Waals surface area contributed by atoms with E-state index in [2.05, 4.69) is 48.4 Å². The van der Waals surface area contributed by atoms with E-state index in [0.717, 1.165) is 11.4 Å². The highest BCUT2D eigenvalue weighted by molar-refractivity contribution is 5.92. The van der Waals surface area contributed by atoms with Gasteiger partial charge in [0.15, 0.2) is 5.96 Å². The van der Waals surface area contributed by atoms with Crippen LogP contribution in [-0.2, 0) is 0 Å². The molecule has 1 atom stereocenters. The van der Waals surface area contributed by atoms with Gasteiger partial charge in [-0.1, -0.05) is 24.3 Å². The van der Waals surface area contributed by atoms with Crippen LogP contribution in [0.2, 0.25) is 0 Å². The molecule has 1 heterocycles. The molecule has 0 fully saturated rings. The second kappa shape index (κ2) is 6.10. The number of guanidine groups is 1. The molecule has 0 aromatic heterocycles. The van der Waals surface area contributed by atoms with E-state index in [1.807, 2.05) is 18.2 Å². The second-order valence-corrected chi connectivity index (χ2v) is 5.77. The maximum absolute atomic E-state index is 6.00. The number of para-hydroxylation sites is 1. The molecule has 114 valence electrons. The van der Waals surface area contributed by atoms with E-state index < -0.39 is 0 Å². The van der Waals surface area contributed by atoms with E-state index in [1.54, 1.807) is 0 Å². The van der Waals surface area contributed by atoms with Crippen molar-refractivity contribution in [1.29, 1.82) is 0 Å². The third kappa shape index (κ3) is 3.22. The summed E-state index contributed by atoms with van der Waals surface area (Å²) in [6, 6.07) is 14.4. The number of aliphatic imine (C=N–C) groups is 1. The average Bonchev–Trinajstić information content (AvgIpc) is 2.87. The quantitative estimate of drug-likeness (QED) is 0.675. The number of hydrogen-bond donors (Lipinski definition) is 2. The highest BCUT2D eigenvalue weighted by Gasteiger charge is 2.23. The zero-order chi connectivity index (χ0) is 15.5. The van der Waals surface area contributed by atoms with Crippen LogP contribution >= 0.6 is 0 Å². The standard InChI is InChI=1S/C18H21N3O/c1-12-7-13(2)9-15(8-12)21-18(19)20-10-14-11-22-17-6-4-3-5-16(14)17/h3-9,14H,10-11H2,1-2H3,(H3,19,20,21). The summed E-state index contributed by atoms with van der Waals surface area (Å²) in [6.45, 7) is 5.43. The van der Waals surface area contributed by atoms with Crippen molar-refractivity contribution in [2.75, 3.05) is 18.5 Å². The van der Waals surface area contributed by atoms with Gasteiger partial charge in [-0.25, -0.2) is 0 Å². The van der Waals surface area contributed by atoms with Gasteiger partial charge in [-0.15, -0.1) is 0 Å². The second-order valence-electron chi connectivity index (χ2n) is 5.77. The monoisotopic (exact) mass is 295 g/mol. The van der Waals surface area contributed by atoms with Crippen LogP contribution in [0.5, 0.6) is 5.75 Å². The molecule has 0 amide bonds. The fourth-order valence-corrected chi connectivity index (χ4v) is 2.82. The molecule has 1 aliphatic rings. The van der Waals surface area contributed by atoms with Gasteiger partial charge >= 0.3 is 0 Å². The lowest BCUT2D eigenvalue weighted by atomic mass is 10.0. The summed E-state index contributed by atoms with van der Waals surface area (Å²) < 4.78 is 5.66. The topological polar surface area (TPSA) is 59.6 Å². The van der Waals surface area contributed by atoms with Gasteiger partial charge in [0.1, 0.15) is 5.75 Å². The molecule has 4 heteroatoms. The number of rotatable bonds is 3. The Bertz CT molecular complexity index is 689. The number of ether oxygens (including phenoxy) is 1. The van der Waals surface area contributed by atoms with Crippen LogP contribution < -0.4 is 15.8 Å². The summed E-state index contributed by atoms with van der Waals surface area (Å²) in [6.07, 6.45) is 0. The van der Waals surface area contributed by atoms with E-state index in [0.29, 0.717) is 19.1 Å². The molecule has 2 aromatic rings. The van der Waals surface area contributed by atoms with Crippen molar-refractivity contribution in [3.8, 4) is 5.75 Å². The first-order valence-electron chi connectivity index (χ1n) is 7.49. The molecule has 1 unspecified atom stereocenters. The van der Waals surface area contributed by atoms with Crippen molar-refractivity contribution in [2.45, 2.75) is 19.8 Å². The maximum atomic E-state index is 6.00. The van der Waals surface area contributed by atoms with Gasteiger partial charge in [-0.2, -0.15) is 0 Å². The number of nitrogens with one attached hydrogen (secondary N) is 1. The van der Waals surface area contributed by atoms with Crippen molar-refractivity contribution in [3.63, 3.8) is 0 Å². The van der Waals surface area contributed by atoms with Gasteiger partial charge in [0.05, 0.1) is 13.2 Å². The Morgan fingerprint density at radius 1 is 1.23 bits per heavy atom. The number of hydrogen-bond acceptors (Lipinski definition) is 2. The molecular weight excluding hydrogens is 274 g/mol. The minimum absolute atomic E-state index is 0.274. The highest BCUT2D eigenvalue weighted by atomic mass is 16.5. The van der Waals surface area contributed by atoms with Gasteiger partial charge in [0, 0.05) is 17.2 Å². The van der Waals surface area contributed by atoms with E-state index in [-0.39, 0.29) is 5.92 Å². The fourth-order valence-electron chi connectivity index (χ4n) is 2.82. The normalized spacial score (nSPS) is 17.0. The van der Waals surface area contributed by atoms with Crippen LogP contribution in [0.4, 0.5) is 5.69 Å². The molecule has 3 N–H and O–H groups in total. The van der Waals surface area contributed by atoms with Crippen LogP contribution in [0.15, 0.2) is 47.5 Å². The molecule has 0 aliphatic carbocycles. The van der Waals surface area contributed by atoms with Crippen LogP contribution in [0.1, 0.15) is 22.6 Å². The number of anilines is 1. The van der Waals surface area contributed by atoms with Crippen LogP contribution in [0, 0.1) is 13.8 Å². The minimum Gasteiger partial charge on any atom is -0.493 e. The Morgan fingerprint density at radius 3 is 2.73 bits per heavy atom. The largest absolute Gasteiger partial charge is 0.493 e. The first-order valence-corrected chi connectivity index (χ1v) is 7.49. The average molecular weight is 295 g/mol. The van der Waals surface area contributed by atoms with E-state index in [4.69, 9.17) is 10.5 Å². The van der Waals surface area contributed by atoms with Gasteiger partial charge < -0.3 is 15.8 Å². The summed E-state index contributed by atoms with van der Waals surface area (Å²) in [7, 11) is 0. The molecule has 0 saturated carbocycles. The third-order valence-corrected chi connectivity index (χ3v) is 3.77. The molecule has 3 rings (SSSR count). The molecule has 1 aliphatic heterocycles. The molecular formula is C18H21N3O. The van der Waals surface area contributed by atoms with Gasteiger partial charge in [0.2, 0.25) is 0 Å². The minimum atomic E-state index is 0.274. The number of nitrogens with two attached hydrogens (primary N) is 1. The summed E-state index contributed by atoms with van der Waals surface area (Å²) in [4.78, 5) is 4.46. The highest BCUT2D eigenvalue weighted by Crippen LogP contribution is 2.33. The Morgan fingerprint density at radius 2 is 1.95 bits per heavy atom. The zero-order valence-electron chi connectivity index (χ0n) is 13.0. The molecule has 0 saturated heterocycles. The predicted molar refractivity (Wildman–Crippen MR) is 90.7 cm³/mol. The van der Waals surface area contributed by atoms with Crippen LogP contribution in [0.25, 0.3) is 0 Å². The Labute approximate surface area is 131 Å². The lowest BCUT2D eigenvalue weighted by molar-refractivity contribution is 0.333. The smallest absolute Gasteiger partial charge is 0.193 e. The van der Waals surface area contributed by atoms with Crippen molar-refractivity contribution in [2.24, 2.45) is 10.7 Å². The molecule has 0 bridgehead atoms. The molecule has 4 nitrogen and oxygen atoms in total. The maximum Gasteiger partial charge on any atom is 0.193 e. The Kier molecular flexibility index (Phi) is 4.00. The fraction of sp³-hybridized carbons (Fsp3) is 0.278. The summed E-state index contributed by atoms with van der Waals surface area (Å²) >= 11 is 0. The first-order chi connectivity index (χ1) is 10.6. The van der Waals surface area contributed by atoms with E-state index in [1.165, 1.54) is 16.7 Å². The molecule has 22 heavy (non-hydrogen) atoms. The SMILES string of the molecule is Cc1cc(C)cc(NC(N)=NCC2COc3ccccc32)c1. The van der Waals surface area contributed by atoms with E-state index in [9.17, 15) is 0 Å². The van der Waals surface area contributed by atoms with E-state index >= 15 is 0 Å². The Balaban J connectivity index is 1.66. The third-order valence-electron chi connectivity index (χ3n) is 3.77. The summed E-state index contributed by atoms with van der Waals surface area (Å²) in [5.74, 6) is 1.67.